The molecule has 0 bridgehead atoms. The van der Waals surface area contributed by atoms with Crippen LogP contribution in [0.2, 0.25) is 0 Å². The van der Waals surface area contributed by atoms with Gasteiger partial charge in [-0.15, -0.1) is 0 Å². The van der Waals surface area contributed by atoms with Crippen LogP contribution in [0.1, 0.15) is 39.0 Å². The topological polar surface area (TPSA) is 43.8 Å². The van der Waals surface area contributed by atoms with Gasteiger partial charge in [0.05, 0.1) is 13.2 Å². The summed E-state index contributed by atoms with van der Waals surface area (Å²) in [6.07, 6.45) is 6.13. The number of amides is 1. The Hall–Kier alpha value is -0.610. The van der Waals surface area contributed by atoms with Crippen LogP contribution in [0.25, 0.3) is 0 Å². The number of carbonyl (C=O) groups is 1. The van der Waals surface area contributed by atoms with E-state index < -0.39 is 0 Å². The zero-order valence-corrected chi connectivity index (χ0v) is 11.2. The number of rotatable bonds is 6. The lowest BCUT2D eigenvalue weighted by Gasteiger charge is -2.34. The molecule has 100 valence electrons. The fourth-order valence-corrected chi connectivity index (χ4v) is 2.60. The Kier molecular flexibility index (Phi) is 6.52. The highest BCUT2D eigenvalue weighted by Gasteiger charge is 2.24. The van der Waals surface area contributed by atoms with E-state index in [4.69, 9.17) is 5.11 Å². The fraction of sp³-hybridized carbons (Fsp3) is 0.923. The molecule has 0 aromatic rings. The largest absolute Gasteiger partial charge is 0.395 e. The number of likely N-dealkylation sites (N-methyl/N-ethyl adjacent to an activating group) is 2. The quantitative estimate of drug-likeness (QED) is 0.758. The van der Waals surface area contributed by atoms with Crippen molar-refractivity contribution in [3.05, 3.63) is 0 Å². The molecule has 17 heavy (non-hydrogen) atoms. The SMILES string of the molecule is CCN(C(=O)CN(C)CCO)C1CCCCC1. The standard InChI is InChI=1S/C13H26N2O2/c1-3-15(12-7-5-4-6-8-12)13(17)11-14(2)9-10-16/h12,16H,3-11H2,1-2H3. The molecule has 0 heterocycles. The Balaban J connectivity index is 2.45. The summed E-state index contributed by atoms with van der Waals surface area (Å²) in [6.45, 7) is 3.95. The van der Waals surface area contributed by atoms with E-state index in [9.17, 15) is 4.79 Å². The average Bonchev–Trinajstić information content (AvgIpc) is 2.31. The number of aliphatic hydroxyl groups excluding tert-OH is 1. The first-order valence-electron chi connectivity index (χ1n) is 6.78. The molecule has 0 spiro atoms. The first kappa shape index (κ1) is 14.5. The molecule has 1 aliphatic rings. The monoisotopic (exact) mass is 242 g/mol. The van der Waals surface area contributed by atoms with E-state index in [1.54, 1.807) is 0 Å². The average molecular weight is 242 g/mol. The first-order valence-corrected chi connectivity index (χ1v) is 6.78. The lowest BCUT2D eigenvalue weighted by atomic mass is 9.94. The summed E-state index contributed by atoms with van der Waals surface area (Å²) in [5.74, 6) is 0.204. The normalized spacial score (nSPS) is 17.4. The Morgan fingerprint density at radius 2 is 1.94 bits per heavy atom. The Bertz CT molecular complexity index is 227. The minimum Gasteiger partial charge on any atom is -0.395 e. The molecule has 0 unspecified atom stereocenters. The van der Waals surface area contributed by atoms with Crippen LogP contribution in [0.15, 0.2) is 0 Å². The molecule has 1 aliphatic carbocycles. The van der Waals surface area contributed by atoms with Crippen molar-refractivity contribution >= 4 is 5.91 Å². The zero-order valence-electron chi connectivity index (χ0n) is 11.2. The molecule has 0 radical (unpaired) electrons. The summed E-state index contributed by atoms with van der Waals surface area (Å²) in [6, 6.07) is 0.448. The van der Waals surface area contributed by atoms with Gasteiger partial charge in [0, 0.05) is 19.1 Å². The molecule has 0 atom stereocenters. The van der Waals surface area contributed by atoms with Gasteiger partial charge in [-0.2, -0.15) is 0 Å². The smallest absolute Gasteiger partial charge is 0.236 e. The third-order valence-electron chi connectivity index (χ3n) is 3.56. The number of aliphatic hydroxyl groups is 1. The lowest BCUT2D eigenvalue weighted by molar-refractivity contribution is -0.134. The summed E-state index contributed by atoms with van der Waals surface area (Å²) in [5.41, 5.74) is 0. The van der Waals surface area contributed by atoms with Crippen molar-refractivity contribution < 1.29 is 9.90 Å². The molecule has 1 rings (SSSR count). The van der Waals surface area contributed by atoms with E-state index in [-0.39, 0.29) is 12.5 Å². The van der Waals surface area contributed by atoms with E-state index in [1.165, 1.54) is 19.3 Å². The summed E-state index contributed by atoms with van der Waals surface area (Å²) in [5, 5.41) is 8.83. The summed E-state index contributed by atoms with van der Waals surface area (Å²) in [4.78, 5) is 16.1. The predicted molar refractivity (Wildman–Crippen MR) is 68.8 cm³/mol. The van der Waals surface area contributed by atoms with E-state index in [0.717, 1.165) is 19.4 Å². The zero-order chi connectivity index (χ0) is 12.7. The number of carbonyl (C=O) groups excluding carboxylic acids is 1. The Morgan fingerprint density at radius 1 is 1.29 bits per heavy atom. The molecule has 0 aromatic heterocycles. The van der Waals surface area contributed by atoms with Crippen molar-refractivity contribution in [1.82, 2.24) is 9.80 Å². The molecular formula is C13H26N2O2. The van der Waals surface area contributed by atoms with Gasteiger partial charge in [-0.1, -0.05) is 19.3 Å². The van der Waals surface area contributed by atoms with Crippen molar-refractivity contribution in [3.8, 4) is 0 Å². The van der Waals surface area contributed by atoms with E-state index in [1.807, 2.05) is 16.8 Å². The van der Waals surface area contributed by atoms with Crippen molar-refractivity contribution in [2.45, 2.75) is 45.1 Å². The van der Waals surface area contributed by atoms with Crippen LogP contribution in [0.3, 0.4) is 0 Å². The molecule has 0 saturated heterocycles. The molecule has 1 amide bonds. The van der Waals surface area contributed by atoms with Crippen LogP contribution in [-0.2, 0) is 4.79 Å². The van der Waals surface area contributed by atoms with Crippen molar-refractivity contribution in [2.24, 2.45) is 0 Å². The van der Waals surface area contributed by atoms with E-state index in [2.05, 4.69) is 6.92 Å². The number of nitrogens with zero attached hydrogens (tertiary/aromatic N) is 2. The van der Waals surface area contributed by atoms with Gasteiger partial charge in [-0.05, 0) is 26.8 Å². The van der Waals surface area contributed by atoms with Gasteiger partial charge in [-0.25, -0.2) is 0 Å². The second-order valence-corrected chi connectivity index (χ2v) is 4.93. The molecule has 0 aliphatic heterocycles. The van der Waals surface area contributed by atoms with Gasteiger partial charge < -0.3 is 10.0 Å². The number of hydrogen-bond donors (Lipinski definition) is 1. The van der Waals surface area contributed by atoms with Gasteiger partial charge >= 0.3 is 0 Å². The second kappa shape index (κ2) is 7.67. The van der Waals surface area contributed by atoms with Crippen LogP contribution in [0.5, 0.6) is 0 Å². The maximum atomic E-state index is 12.2. The summed E-state index contributed by atoms with van der Waals surface area (Å²) >= 11 is 0. The van der Waals surface area contributed by atoms with Gasteiger partial charge in [0.1, 0.15) is 0 Å². The highest BCUT2D eigenvalue weighted by Crippen LogP contribution is 2.22. The van der Waals surface area contributed by atoms with Crippen LogP contribution in [0, 0.1) is 0 Å². The van der Waals surface area contributed by atoms with Crippen LogP contribution >= 0.6 is 0 Å². The van der Waals surface area contributed by atoms with E-state index in [0.29, 0.717) is 19.1 Å². The highest BCUT2D eigenvalue weighted by atomic mass is 16.3. The third kappa shape index (κ3) is 4.64. The number of hydrogen-bond acceptors (Lipinski definition) is 3. The molecular weight excluding hydrogens is 216 g/mol. The summed E-state index contributed by atoms with van der Waals surface area (Å²) < 4.78 is 0. The van der Waals surface area contributed by atoms with Crippen molar-refractivity contribution in [1.29, 1.82) is 0 Å². The second-order valence-electron chi connectivity index (χ2n) is 4.93. The van der Waals surface area contributed by atoms with Gasteiger partial charge in [0.15, 0.2) is 0 Å². The molecule has 4 heteroatoms. The van der Waals surface area contributed by atoms with Crippen LogP contribution in [-0.4, -0.2) is 60.1 Å². The first-order chi connectivity index (χ1) is 8.19. The molecule has 0 aromatic carbocycles. The third-order valence-corrected chi connectivity index (χ3v) is 3.56. The predicted octanol–water partition coefficient (Wildman–Crippen LogP) is 1.09. The van der Waals surface area contributed by atoms with Gasteiger partial charge in [0.2, 0.25) is 5.91 Å². The maximum absolute atomic E-state index is 12.2. The van der Waals surface area contributed by atoms with Crippen LogP contribution in [0.4, 0.5) is 0 Å². The van der Waals surface area contributed by atoms with Crippen molar-refractivity contribution in [3.63, 3.8) is 0 Å². The maximum Gasteiger partial charge on any atom is 0.236 e. The Labute approximate surface area is 105 Å². The lowest BCUT2D eigenvalue weighted by Crippen LogP contribution is -2.46. The van der Waals surface area contributed by atoms with Crippen molar-refractivity contribution in [2.75, 3.05) is 33.3 Å². The molecule has 1 saturated carbocycles. The van der Waals surface area contributed by atoms with Crippen LogP contribution < -0.4 is 0 Å². The minimum absolute atomic E-state index is 0.110. The van der Waals surface area contributed by atoms with E-state index >= 15 is 0 Å². The van der Waals surface area contributed by atoms with Gasteiger partial charge in [-0.3, -0.25) is 9.69 Å². The highest BCUT2D eigenvalue weighted by molar-refractivity contribution is 5.78. The Morgan fingerprint density at radius 3 is 2.47 bits per heavy atom. The minimum atomic E-state index is 0.110. The molecule has 1 N–H and O–H groups in total. The molecule has 4 nitrogen and oxygen atoms in total. The molecule has 1 fully saturated rings. The fourth-order valence-electron chi connectivity index (χ4n) is 2.60. The summed E-state index contributed by atoms with van der Waals surface area (Å²) in [7, 11) is 1.88. The van der Waals surface area contributed by atoms with Gasteiger partial charge in [0.25, 0.3) is 0 Å².